The number of rotatable bonds is 4. The molecule has 0 radical (unpaired) electrons. The quantitative estimate of drug-likeness (QED) is 0.700. The van der Waals surface area contributed by atoms with Gasteiger partial charge in [0, 0.05) is 15.7 Å². The lowest BCUT2D eigenvalue weighted by Crippen LogP contribution is -2.31. The Morgan fingerprint density at radius 3 is 2.69 bits per heavy atom. The molecule has 3 rings (SSSR count). The summed E-state index contributed by atoms with van der Waals surface area (Å²) in [5.41, 5.74) is 2.15. The van der Waals surface area contributed by atoms with Crippen LogP contribution in [0.5, 0.6) is 0 Å². The second-order valence-electron chi connectivity index (χ2n) is 5.67. The summed E-state index contributed by atoms with van der Waals surface area (Å²) in [7, 11) is 0. The van der Waals surface area contributed by atoms with Crippen LogP contribution in [-0.2, 0) is 0 Å². The molecule has 134 valence electrons. The number of hydrogen-bond acceptors (Lipinski definition) is 4. The predicted molar refractivity (Wildman–Crippen MR) is 101 cm³/mol. The standard InChI is InChI=1S/C17H16Cl2N6O/c1-10(15-7-6-12(18)8-16(15)19)20-17(26)21-13-4-3-5-14(9-13)25-11(2)22-23-24-25/h3-10H,1-2H3,(H2,20,21,26). The lowest BCUT2D eigenvalue weighted by Gasteiger charge is -2.17. The number of halogens is 2. The molecule has 2 N–H and O–H groups in total. The minimum absolute atomic E-state index is 0.287. The van der Waals surface area contributed by atoms with Crippen LogP contribution in [0.4, 0.5) is 10.5 Å². The Balaban J connectivity index is 1.69. The predicted octanol–water partition coefficient (Wildman–Crippen LogP) is 4.16. The van der Waals surface area contributed by atoms with Crippen LogP contribution in [0.3, 0.4) is 0 Å². The fraction of sp³-hybridized carbons (Fsp3) is 0.176. The summed E-state index contributed by atoms with van der Waals surface area (Å²) in [5, 5.41) is 18.1. The number of aromatic nitrogens is 4. The minimum atomic E-state index is -0.353. The Kier molecular flexibility index (Phi) is 5.39. The molecule has 0 saturated carbocycles. The van der Waals surface area contributed by atoms with Gasteiger partial charge < -0.3 is 10.6 Å². The molecular weight excluding hydrogens is 375 g/mol. The lowest BCUT2D eigenvalue weighted by atomic mass is 10.1. The molecule has 0 spiro atoms. The highest BCUT2D eigenvalue weighted by Gasteiger charge is 2.13. The molecule has 0 aliphatic heterocycles. The Bertz CT molecular complexity index is 943. The Hall–Kier alpha value is -2.64. The number of urea groups is 1. The molecule has 1 unspecified atom stereocenters. The highest BCUT2D eigenvalue weighted by Crippen LogP contribution is 2.26. The van der Waals surface area contributed by atoms with E-state index in [1.165, 1.54) is 0 Å². The number of hydrogen-bond donors (Lipinski definition) is 2. The van der Waals surface area contributed by atoms with Crippen molar-refractivity contribution in [2.45, 2.75) is 19.9 Å². The van der Waals surface area contributed by atoms with Crippen LogP contribution in [0.25, 0.3) is 5.69 Å². The summed E-state index contributed by atoms with van der Waals surface area (Å²) in [5.74, 6) is 0.651. The lowest BCUT2D eigenvalue weighted by molar-refractivity contribution is 0.249. The average molecular weight is 391 g/mol. The first-order valence-electron chi connectivity index (χ1n) is 7.82. The summed E-state index contributed by atoms with van der Waals surface area (Å²) in [6, 6.07) is 11.7. The third-order valence-corrected chi connectivity index (χ3v) is 4.31. The molecule has 0 bridgehead atoms. The van der Waals surface area contributed by atoms with Crippen molar-refractivity contribution >= 4 is 34.9 Å². The molecule has 0 aliphatic rings. The largest absolute Gasteiger partial charge is 0.331 e. The number of carbonyl (C=O) groups is 1. The molecule has 0 saturated heterocycles. The number of aryl methyl sites for hydroxylation is 1. The first-order chi connectivity index (χ1) is 12.4. The van der Waals surface area contributed by atoms with E-state index in [0.717, 1.165) is 11.3 Å². The molecule has 9 heteroatoms. The molecule has 2 aromatic carbocycles. The van der Waals surface area contributed by atoms with Gasteiger partial charge in [0.1, 0.15) is 0 Å². The van der Waals surface area contributed by atoms with Gasteiger partial charge in [-0.2, -0.15) is 4.68 Å². The van der Waals surface area contributed by atoms with Gasteiger partial charge in [-0.25, -0.2) is 4.79 Å². The van der Waals surface area contributed by atoms with Crippen molar-refractivity contribution in [1.29, 1.82) is 0 Å². The summed E-state index contributed by atoms with van der Waals surface area (Å²) < 4.78 is 1.58. The number of nitrogens with one attached hydrogen (secondary N) is 2. The maximum absolute atomic E-state index is 12.3. The summed E-state index contributed by atoms with van der Waals surface area (Å²) in [6.07, 6.45) is 0. The zero-order valence-electron chi connectivity index (χ0n) is 14.1. The summed E-state index contributed by atoms with van der Waals surface area (Å²) in [4.78, 5) is 12.3. The molecule has 0 aliphatic carbocycles. The highest BCUT2D eigenvalue weighted by molar-refractivity contribution is 6.35. The molecule has 2 amide bonds. The van der Waals surface area contributed by atoms with Gasteiger partial charge in [0.05, 0.1) is 11.7 Å². The zero-order valence-corrected chi connectivity index (χ0v) is 15.6. The molecule has 26 heavy (non-hydrogen) atoms. The van der Waals surface area contributed by atoms with E-state index in [9.17, 15) is 4.79 Å². The van der Waals surface area contributed by atoms with E-state index >= 15 is 0 Å². The smallest absolute Gasteiger partial charge is 0.319 e. The van der Waals surface area contributed by atoms with Crippen molar-refractivity contribution in [3.05, 3.63) is 63.9 Å². The maximum atomic E-state index is 12.3. The number of benzene rings is 2. The number of tetrazole rings is 1. The Morgan fingerprint density at radius 2 is 2.00 bits per heavy atom. The van der Waals surface area contributed by atoms with Crippen LogP contribution in [-0.4, -0.2) is 26.2 Å². The van der Waals surface area contributed by atoms with Crippen molar-refractivity contribution in [2.24, 2.45) is 0 Å². The normalized spacial score (nSPS) is 11.8. The van der Waals surface area contributed by atoms with Crippen molar-refractivity contribution < 1.29 is 4.79 Å². The fourth-order valence-corrected chi connectivity index (χ4v) is 3.05. The van der Waals surface area contributed by atoms with Crippen LogP contribution in [0.1, 0.15) is 24.4 Å². The summed E-state index contributed by atoms with van der Waals surface area (Å²) >= 11 is 12.1. The van der Waals surface area contributed by atoms with Gasteiger partial charge in [-0.15, -0.1) is 5.10 Å². The van der Waals surface area contributed by atoms with Crippen LogP contribution in [0.2, 0.25) is 10.0 Å². The van der Waals surface area contributed by atoms with E-state index in [1.807, 2.05) is 19.1 Å². The van der Waals surface area contributed by atoms with Gasteiger partial charge in [0.2, 0.25) is 0 Å². The Morgan fingerprint density at radius 1 is 1.19 bits per heavy atom. The third kappa shape index (κ3) is 4.12. The van der Waals surface area contributed by atoms with Crippen molar-refractivity contribution in [2.75, 3.05) is 5.32 Å². The molecular formula is C17H16Cl2N6O. The second-order valence-corrected chi connectivity index (χ2v) is 6.52. The number of anilines is 1. The average Bonchev–Trinajstić information content (AvgIpc) is 3.00. The molecule has 0 fully saturated rings. The number of nitrogens with zero attached hydrogens (tertiary/aromatic N) is 4. The van der Waals surface area contributed by atoms with Crippen LogP contribution >= 0.6 is 23.2 Å². The molecule has 1 aromatic heterocycles. The van der Waals surface area contributed by atoms with Gasteiger partial charge in [-0.1, -0.05) is 35.3 Å². The molecule has 3 aromatic rings. The van der Waals surface area contributed by atoms with Crippen LogP contribution < -0.4 is 10.6 Å². The van der Waals surface area contributed by atoms with E-state index in [0.29, 0.717) is 21.6 Å². The first-order valence-corrected chi connectivity index (χ1v) is 8.57. The van der Waals surface area contributed by atoms with E-state index in [4.69, 9.17) is 23.2 Å². The number of carbonyl (C=O) groups excluding carboxylic acids is 1. The van der Waals surface area contributed by atoms with E-state index in [2.05, 4.69) is 26.2 Å². The molecule has 7 nitrogen and oxygen atoms in total. The van der Waals surface area contributed by atoms with Gasteiger partial charge in [-0.3, -0.25) is 0 Å². The van der Waals surface area contributed by atoms with E-state index in [1.54, 1.807) is 41.9 Å². The second kappa shape index (κ2) is 7.72. The van der Waals surface area contributed by atoms with Crippen LogP contribution in [0.15, 0.2) is 42.5 Å². The monoisotopic (exact) mass is 390 g/mol. The third-order valence-electron chi connectivity index (χ3n) is 3.75. The first kappa shape index (κ1) is 18.2. The summed E-state index contributed by atoms with van der Waals surface area (Å²) in [6.45, 7) is 3.64. The molecule has 1 heterocycles. The molecule has 1 atom stereocenters. The Labute approximate surface area is 160 Å². The van der Waals surface area contributed by atoms with E-state index < -0.39 is 0 Å². The zero-order chi connectivity index (χ0) is 18.7. The van der Waals surface area contributed by atoms with Crippen molar-refractivity contribution in [1.82, 2.24) is 25.5 Å². The maximum Gasteiger partial charge on any atom is 0.319 e. The van der Waals surface area contributed by atoms with Gasteiger partial charge in [0.25, 0.3) is 0 Å². The van der Waals surface area contributed by atoms with E-state index in [-0.39, 0.29) is 12.1 Å². The van der Waals surface area contributed by atoms with Crippen molar-refractivity contribution in [3.63, 3.8) is 0 Å². The van der Waals surface area contributed by atoms with Crippen LogP contribution in [0, 0.1) is 6.92 Å². The van der Waals surface area contributed by atoms with Gasteiger partial charge in [0.15, 0.2) is 5.82 Å². The minimum Gasteiger partial charge on any atom is -0.331 e. The van der Waals surface area contributed by atoms with Crippen molar-refractivity contribution in [3.8, 4) is 5.69 Å². The topological polar surface area (TPSA) is 84.7 Å². The number of amides is 2. The van der Waals surface area contributed by atoms with Gasteiger partial charge >= 0.3 is 6.03 Å². The van der Waals surface area contributed by atoms with Gasteiger partial charge in [-0.05, 0) is 60.2 Å². The fourth-order valence-electron chi connectivity index (χ4n) is 2.48. The SMILES string of the molecule is Cc1nnnn1-c1cccc(NC(=O)NC(C)c2ccc(Cl)cc2Cl)c1. The highest BCUT2D eigenvalue weighted by atomic mass is 35.5.